The lowest BCUT2D eigenvalue weighted by Gasteiger charge is -2.19. The zero-order valence-electron chi connectivity index (χ0n) is 14.1. The number of rotatable bonds is 5. The highest BCUT2D eigenvalue weighted by atomic mass is 19.1. The molecule has 2 heterocycles. The van der Waals surface area contributed by atoms with E-state index in [-0.39, 0.29) is 24.2 Å². The van der Waals surface area contributed by atoms with Crippen LogP contribution in [0, 0.1) is 11.7 Å². The molecule has 1 fully saturated rings. The number of amides is 1. The van der Waals surface area contributed by atoms with Crippen molar-refractivity contribution in [2.75, 3.05) is 6.54 Å². The van der Waals surface area contributed by atoms with Gasteiger partial charge in [0, 0.05) is 25.3 Å². The van der Waals surface area contributed by atoms with Crippen molar-refractivity contribution < 1.29 is 18.8 Å². The highest BCUT2D eigenvalue weighted by Gasteiger charge is 2.44. The zero-order valence-corrected chi connectivity index (χ0v) is 14.1. The van der Waals surface area contributed by atoms with Crippen molar-refractivity contribution in [3.63, 3.8) is 0 Å². The fourth-order valence-electron chi connectivity index (χ4n) is 3.04. The van der Waals surface area contributed by atoms with E-state index in [2.05, 4.69) is 0 Å². The van der Waals surface area contributed by atoms with Crippen LogP contribution in [0.15, 0.2) is 42.6 Å². The molecular formula is C19H19FN2O3. The number of Topliss-reactive ketones (excluding diaryl/α,β-unsaturated/α-hetero) is 2. The number of likely N-dealkylation sites (tertiary alicyclic amines) is 1. The van der Waals surface area contributed by atoms with Crippen LogP contribution < -0.4 is 0 Å². The predicted octanol–water partition coefficient (Wildman–Crippen LogP) is 2.29. The van der Waals surface area contributed by atoms with Gasteiger partial charge in [-0.3, -0.25) is 14.4 Å². The monoisotopic (exact) mass is 342 g/mol. The number of aromatic nitrogens is 1. The Morgan fingerprint density at radius 1 is 1.20 bits per heavy atom. The van der Waals surface area contributed by atoms with Gasteiger partial charge in [0.2, 0.25) is 5.78 Å². The number of ketones is 2. The molecule has 6 heteroatoms. The van der Waals surface area contributed by atoms with Crippen LogP contribution in [0.1, 0.15) is 29.9 Å². The van der Waals surface area contributed by atoms with Gasteiger partial charge in [0.05, 0.1) is 5.69 Å². The Kier molecular flexibility index (Phi) is 4.53. The van der Waals surface area contributed by atoms with Gasteiger partial charge >= 0.3 is 0 Å². The molecule has 5 nitrogen and oxygen atoms in total. The molecule has 1 saturated heterocycles. The minimum atomic E-state index is -0.961. The van der Waals surface area contributed by atoms with Gasteiger partial charge in [-0.15, -0.1) is 0 Å². The number of benzene rings is 1. The van der Waals surface area contributed by atoms with Gasteiger partial charge in [-0.05, 0) is 43.7 Å². The molecule has 1 aliphatic rings. The van der Waals surface area contributed by atoms with E-state index in [1.54, 1.807) is 35.0 Å². The van der Waals surface area contributed by atoms with E-state index in [9.17, 15) is 18.8 Å². The maximum Gasteiger partial charge on any atom is 0.291 e. The van der Waals surface area contributed by atoms with Crippen LogP contribution in [0.3, 0.4) is 0 Å². The summed E-state index contributed by atoms with van der Waals surface area (Å²) >= 11 is 0. The Bertz CT molecular complexity index is 823. The molecule has 1 aromatic carbocycles. The largest absolute Gasteiger partial charge is 0.341 e. The van der Waals surface area contributed by atoms with Crippen molar-refractivity contribution in [2.45, 2.75) is 26.4 Å². The molecule has 0 saturated carbocycles. The van der Waals surface area contributed by atoms with E-state index in [1.807, 2.05) is 13.8 Å². The Morgan fingerprint density at radius 2 is 1.88 bits per heavy atom. The molecule has 0 bridgehead atoms. The van der Waals surface area contributed by atoms with Crippen LogP contribution in [-0.4, -0.2) is 39.5 Å². The highest BCUT2D eigenvalue weighted by Crippen LogP contribution is 2.22. The number of hydrogen-bond acceptors (Lipinski definition) is 3. The molecule has 25 heavy (non-hydrogen) atoms. The Labute approximate surface area is 145 Å². The maximum atomic E-state index is 13.0. The molecule has 1 unspecified atom stereocenters. The lowest BCUT2D eigenvalue weighted by molar-refractivity contribution is -0.141. The molecule has 0 aliphatic carbocycles. The summed E-state index contributed by atoms with van der Waals surface area (Å²) in [5, 5.41) is 0. The second-order valence-corrected chi connectivity index (χ2v) is 6.48. The summed E-state index contributed by atoms with van der Waals surface area (Å²) in [5.74, 6) is -2.88. The van der Waals surface area contributed by atoms with Crippen molar-refractivity contribution in [1.29, 1.82) is 0 Å². The van der Waals surface area contributed by atoms with Gasteiger partial charge in [-0.2, -0.15) is 0 Å². The Hall–Kier alpha value is -2.76. The molecule has 1 aromatic heterocycles. The van der Waals surface area contributed by atoms with Crippen LogP contribution in [0.5, 0.6) is 0 Å². The molecule has 1 aliphatic heterocycles. The zero-order chi connectivity index (χ0) is 18.1. The van der Waals surface area contributed by atoms with Crippen LogP contribution >= 0.6 is 0 Å². The summed E-state index contributed by atoms with van der Waals surface area (Å²) in [7, 11) is 0. The topological polar surface area (TPSA) is 59.4 Å². The van der Waals surface area contributed by atoms with Gasteiger partial charge in [0.15, 0.2) is 5.78 Å². The van der Waals surface area contributed by atoms with E-state index in [4.69, 9.17) is 0 Å². The standard InChI is InChI=1S/C19H19FN2O3/c1-12(2)22-11-15(18(24)19(22)25)17(23)16-4-3-9-21(16)10-13-5-7-14(20)8-6-13/h3-9,12,15H,10-11H2,1-2H3. The van der Waals surface area contributed by atoms with E-state index in [1.165, 1.54) is 17.0 Å². The predicted molar refractivity (Wildman–Crippen MR) is 89.6 cm³/mol. The third-order valence-electron chi connectivity index (χ3n) is 4.46. The van der Waals surface area contributed by atoms with E-state index in [0.29, 0.717) is 12.2 Å². The molecule has 3 rings (SSSR count). The fourth-order valence-corrected chi connectivity index (χ4v) is 3.04. The van der Waals surface area contributed by atoms with Crippen molar-refractivity contribution in [1.82, 2.24) is 9.47 Å². The summed E-state index contributed by atoms with van der Waals surface area (Å²) in [6.45, 7) is 4.14. The molecule has 1 atom stereocenters. The molecule has 0 N–H and O–H groups in total. The summed E-state index contributed by atoms with van der Waals surface area (Å²) in [6.07, 6.45) is 1.73. The van der Waals surface area contributed by atoms with Crippen molar-refractivity contribution in [3.8, 4) is 0 Å². The second-order valence-electron chi connectivity index (χ2n) is 6.48. The maximum absolute atomic E-state index is 13.0. The molecular weight excluding hydrogens is 323 g/mol. The average Bonchev–Trinajstić information content (AvgIpc) is 3.15. The average molecular weight is 342 g/mol. The Morgan fingerprint density at radius 3 is 2.48 bits per heavy atom. The van der Waals surface area contributed by atoms with Gasteiger partial charge in [-0.1, -0.05) is 12.1 Å². The summed E-state index contributed by atoms with van der Waals surface area (Å²) in [4.78, 5) is 38.5. The van der Waals surface area contributed by atoms with Crippen LogP contribution in [0.2, 0.25) is 0 Å². The van der Waals surface area contributed by atoms with Crippen LogP contribution in [-0.2, 0) is 16.1 Å². The van der Waals surface area contributed by atoms with E-state index >= 15 is 0 Å². The van der Waals surface area contributed by atoms with Crippen LogP contribution in [0.25, 0.3) is 0 Å². The number of nitrogens with zero attached hydrogens (tertiary/aromatic N) is 2. The van der Waals surface area contributed by atoms with Crippen LogP contribution in [0.4, 0.5) is 4.39 Å². The molecule has 0 spiro atoms. The number of halogens is 1. The van der Waals surface area contributed by atoms with Gasteiger partial charge in [-0.25, -0.2) is 4.39 Å². The lowest BCUT2D eigenvalue weighted by Crippen LogP contribution is -2.33. The Balaban J connectivity index is 1.82. The SMILES string of the molecule is CC(C)N1CC(C(=O)c2cccn2Cc2ccc(F)cc2)C(=O)C1=O. The van der Waals surface area contributed by atoms with E-state index < -0.39 is 17.6 Å². The second kappa shape index (κ2) is 6.63. The third kappa shape index (κ3) is 3.24. The fraction of sp³-hybridized carbons (Fsp3) is 0.316. The first-order valence-electron chi connectivity index (χ1n) is 8.17. The van der Waals surface area contributed by atoms with Crippen molar-refractivity contribution in [3.05, 3.63) is 59.7 Å². The number of carbonyl (C=O) groups is 3. The summed E-state index contributed by atoms with van der Waals surface area (Å²) in [5.41, 5.74) is 1.21. The number of carbonyl (C=O) groups excluding carboxylic acids is 3. The summed E-state index contributed by atoms with van der Waals surface area (Å²) < 4.78 is 14.7. The van der Waals surface area contributed by atoms with Gasteiger partial charge < -0.3 is 9.47 Å². The third-order valence-corrected chi connectivity index (χ3v) is 4.46. The first-order chi connectivity index (χ1) is 11.9. The number of hydrogen-bond donors (Lipinski definition) is 0. The van der Waals surface area contributed by atoms with Crippen molar-refractivity contribution in [2.24, 2.45) is 5.92 Å². The first kappa shape index (κ1) is 17.1. The minimum absolute atomic E-state index is 0.121. The molecule has 2 aromatic rings. The molecule has 1 amide bonds. The quantitative estimate of drug-likeness (QED) is 0.476. The molecule has 0 radical (unpaired) electrons. The smallest absolute Gasteiger partial charge is 0.291 e. The lowest BCUT2D eigenvalue weighted by atomic mass is 9.99. The van der Waals surface area contributed by atoms with Gasteiger partial charge in [0.1, 0.15) is 11.7 Å². The summed E-state index contributed by atoms with van der Waals surface area (Å²) in [6, 6.07) is 9.25. The minimum Gasteiger partial charge on any atom is -0.341 e. The first-order valence-corrected chi connectivity index (χ1v) is 8.17. The van der Waals surface area contributed by atoms with Crippen molar-refractivity contribution >= 4 is 17.5 Å². The normalized spacial score (nSPS) is 17.6. The van der Waals surface area contributed by atoms with Gasteiger partial charge in [0.25, 0.3) is 5.91 Å². The molecule has 130 valence electrons. The van der Waals surface area contributed by atoms with E-state index in [0.717, 1.165) is 5.56 Å². The highest BCUT2D eigenvalue weighted by molar-refractivity contribution is 6.43.